The van der Waals surface area contributed by atoms with Crippen molar-refractivity contribution in [2.75, 3.05) is 0 Å². The summed E-state index contributed by atoms with van der Waals surface area (Å²) in [5, 5.41) is 0. The van der Waals surface area contributed by atoms with Crippen molar-refractivity contribution < 1.29 is 0 Å². The predicted octanol–water partition coefficient (Wildman–Crippen LogP) is 2.95. The summed E-state index contributed by atoms with van der Waals surface area (Å²) in [4.78, 5) is 0. The molecule has 0 aromatic rings. The molecule has 0 fully saturated rings. The molecule has 48 valence electrons. The third-order valence-electron chi connectivity index (χ3n) is 1.04. The lowest BCUT2D eigenvalue weighted by Crippen LogP contribution is -1.67. The van der Waals surface area contributed by atoms with E-state index < -0.39 is 0 Å². The van der Waals surface area contributed by atoms with Crippen LogP contribution in [0, 0.1) is 0 Å². The maximum atomic E-state index is 3.63. The second-order valence-electron chi connectivity index (χ2n) is 1.42. The van der Waals surface area contributed by atoms with Crippen LogP contribution in [0.4, 0.5) is 0 Å². The normalized spacial score (nSPS) is 10.0. The van der Waals surface area contributed by atoms with Crippen molar-refractivity contribution in [2.24, 2.45) is 0 Å². The van der Waals surface area contributed by atoms with Crippen LogP contribution in [-0.4, -0.2) is 0 Å². The maximum absolute atomic E-state index is 3.63. The van der Waals surface area contributed by atoms with E-state index in [0.717, 1.165) is 6.42 Å². The molecule has 0 radical (unpaired) electrons. The summed E-state index contributed by atoms with van der Waals surface area (Å²) in [6, 6.07) is 0. The fraction of sp³-hybridized carbons (Fsp3) is 0.429. The molecule has 0 saturated carbocycles. The average Bonchev–Trinajstić information content (AvgIpc) is 1.72. The molecule has 0 aliphatic carbocycles. The van der Waals surface area contributed by atoms with Crippen LogP contribution in [0.3, 0.4) is 0 Å². The average molecular weight is 133 g/mol. The van der Waals surface area contributed by atoms with Crippen molar-refractivity contribution in [3.8, 4) is 0 Å². The van der Waals surface area contributed by atoms with Gasteiger partial charge >= 0.3 is 0 Å². The highest BCUT2D eigenvalue weighted by Crippen LogP contribution is 1.98. The SMILES string of the molecule is C=C/C(=C/C)CC.Cl. The molecule has 0 saturated heterocycles. The Morgan fingerprint density at radius 3 is 2.12 bits per heavy atom. The molecule has 0 aliphatic heterocycles. The first-order chi connectivity index (χ1) is 3.35. The van der Waals surface area contributed by atoms with Gasteiger partial charge in [0, 0.05) is 0 Å². The van der Waals surface area contributed by atoms with E-state index in [9.17, 15) is 0 Å². The van der Waals surface area contributed by atoms with Gasteiger partial charge in [0.2, 0.25) is 0 Å². The highest BCUT2D eigenvalue weighted by atomic mass is 35.5. The lowest BCUT2D eigenvalue weighted by atomic mass is 10.2. The third kappa shape index (κ3) is 3.94. The Kier molecular flexibility index (Phi) is 9.05. The fourth-order valence-corrected chi connectivity index (χ4v) is 0.466. The van der Waals surface area contributed by atoms with Gasteiger partial charge in [-0.25, -0.2) is 0 Å². The summed E-state index contributed by atoms with van der Waals surface area (Å²) in [5.74, 6) is 0. The van der Waals surface area contributed by atoms with Crippen LogP contribution >= 0.6 is 12.4 Å². The minimum absolute atomic E-state index is 0. The van der Waals surface area contributed by atoms with Gasteiger partial charge in [-0.05, 0) is 13.3 Å². The van der Waals surface area contributed by atoms with Crippen LogP contribution < -0.4 is 0 Å². The van der Waals surface area contributed by atoms with E-state index in [-0.39, 0.29) is 12.4 Å². The summed E-state index contributed by atoms with van der Waals surface area (Å²) in [5.41, 5.74) is 1.32. The maximum Gasteiger partial charge on any atom is -0.0311 e. The standard InChI is InChI=1S/C7H12.ClH/c1-4-7(5-2)6-3;/h4-5H,1,6H2,2-3H3;1H/b7-5-;. The number of halogens is 1. The van der Waals surface area contributed by atoms with Gasteiger partial charge in [-0.15, -0.1) is 12.4 Å². The largest absolute Gasteiger partial charge is 0.147 e. The van der Waals surface area contributed by atoms with Crippen molar-refractivity contribution in [2.45, 2.75) is 20.3 Å². The number of allylic oxidation sites excluding steroid dienone is 3. The third-order valence-corrected chi connectivity index (χ3v) is 1.04. The smallest absolute Gasteiger partial charge is 0.0311 e. The summed E-state index contributed by atoms with van der Waals surface area (Å²) >= 11 is 0. The first-order valence-corrected chi connectivity index (χ1v) is 2.62. The zero-order valence-electron chi connectivity index (χ0n) is 5.48. The Hall–Kier alpha value is -0.230. The van der Waals surface area contributed by atoms with Gasteiger partial charge in [0.05, 0.1) is 0 Å². The monoisotopic (exact) mass is 132 g/mol. The zero-order chi connectivity index (χ0) is 5.70. The van der Waals surface area contributed by atoms with E-state index >= 15 is 0 Å². The minimum Gasteiger partial charge on any atom is -0.147 e. The molecule has 0 aromatic carbocycles. The van der Waals surface area contributed by atoms with Crippen LogP contribution in [0.5, 0.6) is 0 Å². The van der Waals surface area contributed by atoms with Crippen molar-refractivity contribution in [1.29, 1.82) is 0 Å². The van der Waals surface area contributed by atoms with Gasteiger partial charge in [0.15, 0.2) is 0 Å². The highest BCUT2D eigenvalue weighted by molar-refractivity contribution is 5.85. The number of hydrogen-bond donors (Lipinski definition) is 0. The molecule has 0 rings (SSSR count). The predicted molar refractivity (Wildman–Crippen MR) is 41.5 cm³/mol. The molecule has 0 heterocycles. The molecule has 0 atom stereocenters. The Morgan fingerprint density at radius 2 is 2.12 bits per heavy atom. The first-order valence-electron chi connectivity index (χ1n) is 2.62. The van der Waals surface area contributed by atoms with Crippen molar-refractivity contribution in [3.05, 3.63) is 24.3 Å². The van der Waals surface area contributed by atoms with E-state index in [1.807, 2.05) is 13.0 Å². The van der Waals surface area contributed by atoms with Gasteiger partial charge < -0.3 is 0 Å². The molecule has 0 spiro atoms. The highest BCUT2D eigenvalue weighted by Gasteiger charge is 1.77. The van der Waals surface area contributed by atoms with Gasteiger partial charge in [-0.1, -0.05) is 31.2 Å². The van der Waals surface area contributed by atoms with E-state index in [2.05, 4.69) is 19.6 Å². The molecule has 0 N–H and O–H groups in total. The lowest BCUT2D eigenvalue weighted by Gasteiger charge is -1.88. The summed E-state index contributed by atoms with van der Waals surface area (Å²) < 4.78 is 0. The molecule has 1 heteroatoms. The molecule has 0 aliphatic rings. The molecule has 0 bridgehead atoms. The van der Waals surface area contributed by atoms with Gasteiger partial charge in [0.1, 0.15) is 0 Å². The van der Waals surface area contributed by atoms with Crippen molar-refractivity contribution >= 4 is 12.4 Å². The minimum atomic E-state index is 0. The Labute approximate surface area is 57.7 Å². The molecule has 0 aromatic heterocycles. The zero-order valence-corrected chi connectivity index (χ0v) is 6.29. The first kappa shape index (κ1) is 10.7. The lowest BCUT2D eigenvalue weighted by molar-refractivity contribution is 1.14. The molecule has 0 nitrogen and oxygen atoms in total. The Balaban J connectivity index is 0. The van der Waals surface area contributed by atoms with Crippen LogP contribution in [0.25, 0.3) is 0 Å². The van der Waals surface area contributed by atoms with Crippen LogP contribution in [-0.2, 0) is 0 Å². The molecule has 0 unspecified atom stereocenters. The van der Waals surface area contributed by atoms with Gasteiger partial charge in [0.25, 0.3) is 0 Å². The van der Waals surface area contributed by atoms with Crippen LogP contribution in [0.2, 0.25) is 0 Å². The van der Waals surface area contributed by atoms with Crippen molar-refractivity contribution in [1.82, 2.24) is 0 Å². The number of hydrogen-bond acceptors (Lipinski definition) is 0. The van der Waals surface area contributed by atoms with Crippen molar-refractivity contribution in [3.63, 3.8) is 0 Å². The molecule has 8 heavy (non-hydrogen) atoms. The molecular formula is C7H13Cl. The van der Waals surface area contributed by atoms with E-state index in [1.165, 1.54) is 5.57 Å². The molecular weight excluding hydrogens is 120 g/mol. The quantitative estimate of drug-likeness (QED) is 0.507. The Morgan fingerprint density at radius 1 is 1.62 bits per heavy atom. The van der Waals surface area contributed by atoms with Gasteiger partial charge in [-0.2, -0.15) is 0 Å². The Bertz CT molecular complexity index is 82.4. The van der Waals surface area contributed by atoms with Crippen LogP contribution in [0.1, 0.15) is 20.3 Å². The topological polar surface area (TPSA) is 0 Å². The van der Waals surface area contributed by atoms with E-state index in [1.54, 1.807) is 0 Å². The van der Waals surface area contributed by atoms with Gasteiger partial charge in [-0.3, -0.25) is 0 Å². The number of rotatable bonds is 2. The molecule has 0 amide bonds. The summed E-state index contributed by atoms with van der Waals surface area (Å²) in [6.45, 7) is 7.78. The van der Waals surface area contributed by atoms with E-state index in [4.69, 9.17) is 0 Å². The fourth-order valence-electron chi connectivity index (χ4n) is 0.466. The van der Waals surface area contributed by atoms with E-state index in [0.29, 0.717) is 0 Å². The summed E-state index contributed by atoms with van der Waals surface area (Å²) in [6.07, 6.45) is 5.06. The summed E-state index contributed by atoms with van der Waals surface area (Å²) in [7, 11) is 0. The second kappa shape index (κ2) is 6.77. The second-order valence-corrected chi connectivity index (χ2v) is 1.42. The van der Waals surface area contributed by atoms with Crippen LogP contribution in [0.15, 0.2) is 24.3 Å².